The van der Waals surface area contributed by atoms with Crippen molar-refractivity contribution in [2.45, 2.75) is 26.5 Å². The molecule has 0 rings (SSSR count). The maximum Gasteiger partial charge on any atom is -0.102 e. The summed E-state index contributed by atoms with van der Waals surface area (Å²) in [5.74, 6) is 0. The molecule has 30 valence electrons. The van der Waals surface area contributed by atoms with Crippen LogP contribution in [0.1, 0.15) is 13.8 Å². The van der Waals surface area contributed by atoms with Crippen LogP contribution in [0, 0.1) is 0 Å². The highest BCUT2D eigenvalue weighted by Gasteiger charge is 1.49. The standard InChI is InChI=1S/C4H10B/c1-3-5-4-2/h3-4H2,1-2H3/q-1. The summed E-state index contributed by atoms with van der Waals surface area (Å²) in [4.78, 5) is 0. The van der Waals surface area contributed by atoms with Crippen LogP contribution < -0.4 is 0 Å². The molecule has 0 fully saturated rings. The van der Waals surface area contributed by atoms with Crippen molar-refractivity contribution in [2.75, 3.05) is 0 Å². The molecule has 5 heavy (non-hydrogen) atoms. The average Bonchev–Trinajstić information content (AvgIpc) is 1.41. The molecule has 0 saturated heterocycles. The van der Waals surface area contributed by atoms with Gasteiger partial charge in [0.05, 0.1) is 0 Å². The van der Waals surface area contributed by atoms with Crippen LogP contribution in [0.2, 0.25) is 12.6 Å². The minimum absolute atomic E-state index is 1.22. The first kappa shape index (κ1) is 5.06. The first-order valence-corrected chi connectivity index (χ1v) is 2.23. The normalized spacial score (nSPS) is 8.40. The van der Waals surface area contributed by atoms with E-state index >= 15 is 0 Å². The third-order valence-electron chi connectivity index (χ3n) is 0.577. The molecule has 0 aromatic carbocycles. The number of hydrogen-bond acceptors (Lipinski definition) is 0. The van der Waals surface area contributed by atoms with Gasteiger partial charge in [-0.1, -0.05) is 0 Å². The van der Waals surface area contributed by atoms with Crippen molar-refractivity contribution in [1.82, 2.24) is 0 Å². The second kappa shape index (κ2) is 4.06. The Morgan fingerprint density at radius 2 is 1.60 bits per heavy atom. The molecule has 2 radical (unpaired) electrons. The van der Waals surface area contributed by atoms with Gasteiger partial charge in [0.2, 0.25) is 0 Å². The second-order valence-electron chi connectivity index (χ2n) is 1.11. The summed E-state index contributed by atoms with van der Waals surface area (Å²) in [6, 6.07) is 0. The molecule has 0 saturated carbocycles. The molecule has 0 atom stereocenters. The summed E-state index contributed by atoms with van der Waals surface area (Å²) in [5.41, 5.74) is 0. The first-order valence-electron chi connectivity index (χ1n) is 2.23. The third-order valence-corrected chi connectivity index (χ3v) is 0.577. The van der Waals surface area contributed by atoms with Crippen molar-refractivity contribution in [1.29, 1.82) is 0 Å². The molecule has 0 aliphatic carbocycles. The van der Waals surface area contributed by atoms with E-state index in [1.807, 2.05) is 0 Å². The second-order valence-corrected chi connectivity index (χ2v) is 1.11. The molecule has 0 heterocycles. The van der Waals surface area contributed by atoms with Crippen molar-refractivity contribution < 1.29 is 0 Å². The van der Waals surface area contributed by atoms with Gasteiger partial charge in [-0.2, -0.15) is 0 Å². The monoisotopic (exact) mass is 69.1 g/mol. The Morgan fingerprint density at radius 1 is 1.20 bits per heavy atom. The van der Waals surface area contributed by atoms with Gasteiger partial charge in [-0.05, 0) is 0 Å². The molecule has 0 bridgehead atoms. The molecular formula is C4H10B-. The van der Waals surface area contributed by atoms with Gasteiger partial charge in [0.25, 0.3) is 0 Å². The van der Waals surface area contributed by atoms with Gasteiger partial charge >= 0.3 is 0 Å². The van der Waals surface area contributed by atoms with Crippen LogP contribution in [0.5, 0.6) is 0 Å². The first-order chi connectivity index (χ1) is 2.41. The van der Waals surface area contributed by atoms with E-state index in [9.17, 15) is 0 Å². The van der Waals surface area contributed by atoms with Crippen LogP contribution in [0.25, 0.3) is 0 Å². The molecule has 0 spiro atoms. The Morgan fingerprint density at radius 3 is 1.60 bits per heavy atom. The zero-order valence-corrected chi connectivity index (χ0v) is 3.99. The Bertz CT molecular complexity index is 11.1. The van der Waals surface area contributed by atoms with Gasteiger partial charge in [0.1, 0.15) is 0 Å². The van der Waals surface area contributed by atoms with Crippen LogP contribution >= 0.6 is 0 Å². The van der Waals surface area contributed by atoms with Crippen LogP contribution in [0.4, 0.5) is 0 Å². The lowest BCUT2D eigenvalue weighted by molar-refractivity contribution is 1.36. The van der Waals surface area contributed by atoms with Gasteiger partial charge in [0.15, 0.2) is 0 Å². The summed E-state index contributed by atoms with van der Waals surface area (Å²) in [6.07, 6.45) is 2.44. The molecule has 0 N–H and O–H groups in total. The fourth-order valence-corrected chi connectivity index (χ4v) is 0.289. The minimum Gasteiger partial charge on any atom is -0.337 e. The van der Waals surface area contributed by atoms with Crippen molar-refractivity contribution >= 4 is 7.28 Å². The molecule has 0 aliphatic heterocycles. The molecule has 0 aromatic heterocycles. The largest absolute Gasteiger partial charge is 0.337 e. The molecule has 0 amide bonds. The maximum absolute atomic E-state index is 2.25. The molecule has 0 nitrogen and oxygen atoms in total. The molecule has 0 unspecified atom stereocenters. The van der Waals surface area contributed by atoms with E-state index in [1.165, 1.54) is 12.6 Å². The van der Waals surface area contributed by atoms with Crippen LogP contribution in [0.15, 0.2) is 0 Å². The summed E-state index contributed by atoms with van der Waals surface area (Å²) >= 11 is 0. The minimum atomic E-state index is 1.22. The average molecular weight is 68.9 g/mol. The number of rotatable bonds is 2. The fourth-order valence-electron chi connectivity index (χ4n) is 0.289. The zero-order valence-electron chi connectivity index (χ0n) is 3.99. The topological polar surface area (TPSA) is 0 Å². The van der Waals surface area contributed by atoms with Gasteiger partial charge in [-0.25, -0.2) is 12.6 Å². The third kappa shape index (κ3) is 4.06. The molecule has 0 aromatic rings. The van der Waals surface area contributed by atoms with Gasteiger partial charge in [-0.15, -0.1) is 13.8 Å². The van der Waals surface area contributed by atoms with Crippen LogP contribution in [0.3, 0.4) is 0 Å². The van der Waals surface area contributed by atoms with E-state index in [4.69, 9.17) is 0 Å². The predicted octanol–water partition coefficient (Wildman–Crippen LogP) is 1.57. The molecule has 1 heteroatoms. The quantitative estimate of drug-likeness (QED) is 0.431. The van der Waals surface area contributed by atoms with Crippen LogP contribution in [-0.2, 0) is 0 Å². The van der Waals surface area contributed by atoms with Gasteiger partial charge in [0, 0.05) is 0 Å². The van der Waals surface area contributed by atoms with Crippen LogP contribution in [-0.4, -0.2) is 7.28 Å². The van der Waals surface area contributed by atoms with E-state index in [-0.39, 0.29) is 0 Å². The lowest BCUT2D eigenvalue weighted by Gasteiger charge is -1.99. The smallest absolute Gasteiger partial charge is 0.102 e. The van der Waals surface area contributed by atoms with Crippen molar-refractivity contribution in [3.05, 3.63) is 0 Å². The Labute approximate surface area is 34.8 Å². The fraction of sp³-hybridized carbons (Fsp3) is 1.00. The van der Waals surface area contributed by atoms with E-state index in [0.29, 0.717) is 0 Å². The lowest BCUT2D eigenvalue weighted by Crippen LogP contribution is -1.76. The Balaban J connectivity index is 2.19. The molecular weight excluding hydrogens is 58.9 g/mol. The maximum atomic E-state index is 2.25. The zero-order chi connectivity index (χ0) is 4.12. The van der Waals surface area contributed by atoms with Gasteiger partial charge < -0.3 is 7.28 Å². The highest BCUT2D eigenvalue weighted by atomic mass is 13.5. The van der Waals surface area contributed by atoms with E-state index in [1.54, 1.807) is 0 Å². The number of hydrogen-bond donors (Lipinski definition) is 0. The van der Waals surface area contributed by atoms with E-state index in [0.717, 1.165) is 0 Å². The van der Waals surface area contributed by atoms with Crippen molar-refractivity contribution in [3.8, 4) is 0 Å². The van der Waals surface area contributed by atoms with E-state index < -0.39 is 0 Å². The highest BCUT2D eigenvalue weighted by molar-refractivity contribution is 6.34. The van der Waals surface area contributed by atoms with Crippen molar-refractivity contribution in [2.24, 2.45) is 0 Å². The Kier molecular flexibility index (Phi) is 4.12. The summed E-state index contributed by atoms with van der Waals surface area (Å²) in [7, 11) is 2.25. The molecule has 0 aliphatic rings. The summed E-state index contributed by atoms with van der Waals surface area (Å²) < 4.78 is 0. The lowest BCUT2D eigenvalue weighted by atomic mass is 9.73. The Hall–Kier alpha value is 0.0649. The highest BCUT2D eigenvalue weighted by Crippen LogP contribution is 1.77. The summed E-state index contributed by atoms with van der Waals surface area (Å²) in [5, 5.41) is 0. The summed E-state index contributed by atoms with van der Waals surface area (Å²) in [6.45, 7) is 4.31. The predicted molar refractivity (Wildman–Crippen MR) is 26.7 cm³/mol. The van der Waals surface area contributed by atoms with Crippen molar-refractivity contribution in [3.63, 3.8) is 0 Å². The van der Waals surface area contributed by atoms with E-state index in [2.05, 4.69) is 21.1 Å². The SMILES string of the molecule is CC[B-]CC. The van der Waals surface area contributed by atoms with Gasteiger partial charge in [-0.3, -0.25) is 0 Å².